The summed E-state index contributed by atoms with van der Waals surface area (Å²) in [5, 5.41) is 0. The van der Waals surface area contributed by atoms with Crippen molar-refractivity contribution in [2.75, 3.05) is 6.54 Å². The van der Waals surface area contributed by atoms with Crippen molar-refractivity contribution in [1.29, 1.82) is 0 Å². The number of rotatable bonds is 2. The minimum Gasteiger partial charge on any atom is -0.337 e. The minimum absolute atomic E-state index is 0.0983. The molecule has 1 saturated heterocycles. The van der Waals surface area contributed by atoms with E-state index in [1.807, 2.05) is 35.2 Å². The standard InChI is InChI=1S/C13H13NO/c1-2-11-8-13(15)14(9-11)10-12-6-4-3-5-7-12/h1,3-7,11H,8-10H2. The first-order chi connectivity index (χ1) is 7.29. The average Bonchev–Trinajstić information content (AvgIpc) is 2.61. The van der Waals surface area contributed by atoms with Crippen molar-refractivity contribution in [3.63, 3.8) is 0 Å². The summed E-state index contributed by atoms with van der Waals surface area (Å²) in [6.07, 6.45) is 5.83. The number of nitrogens with zero attached hydrogens (tertiary/aromatic N) is 1. The van der Waals surface area contributed by atoms with Crippen LogP contribution in [0.2, 0.25) is 0 Å². The molecular formula is C13H13NO. The van der Waals surface area contributed by atoms with Gasteiger partial charge < -0.3 is 4.90 Å². The van der Waals surface area contributed by atoms with Crippen LogP contribution in [0.1, 0.15) is 12.0 Å². The maximum Gasteiger partial charge on any atom is 0.224 e. The lowest BCUT2D eigenvalue weighted by atomic mass is 10.1. The van der Waals surface area contributed by atoms with Gasteiger partial charge in [-0.2, -0.15) is 0 Å². The first-order valence-corrected chi connectivity index (χ1v) is 5.07. The molecule has 0 spiro atoms. The summed E-state index contributed by atoms with van der Waals surface area (Å²) in [5.41, 5.74) is 1.16. The summed E-state index contributed by atoms with van der Waals surface area (Å²) in [6, 6.07) is 9.98. The molecule has 1 unspecified atom stereocenters. The SMILES string of the molecule is C#CC1CC(=O)N(Cc2ccccc2)C1. The first-order valence-electron chi connectivity index (χ1n) is 5.07. The topological polar surface area (TPSA) is 20.3 Å². The van der Waals surface area contributed by atoms with Gasteiger partial charge in [-0.3, -0.25) is 4.79 Å². The minimum atomic E-state index is 0.0983. The van der Waals surface area contributed by atoms with Crippen LogP contribution in [0.5, 0.6) is 0 Å². The van der Waals surface area contributed by atoms with Crippen LogP contribution in [-0.2, 0) is 11.3 Å². The molecular weight excluding hydrogens is 186 g/mol. The molecule has 1 heterocycles. The number of carbonyl (C=O) groups excluding carboxylic acids is 1. The molecule has 1 aliphatic rings. The van der Waals surface area contributed by atoms with Gasteiger partial charge in [-0.1, -0.05) is 30.3 Å². The smallest absolute Gasteiger partial charge is 0.224 e. The normalized spacial score (nSPS) is 20.3. The van der Waals surface area contributed by atoms with Crippen molar-refractivity contribution in [3.05, 3.63) is 35.9 Å². The number of hydrogen-bond acceptors (Lipinski definition) is 1. The molecule has 1 amide bonds. The van der Waals surface area contributed by atoms with Gasteiger partial charge in [0.2, 0.25) is 5.91 Å². The van der Waals surface area contributed by atoms with E-state index >= 15 is 0 Å². The second-order valence-corrected chi connectivity index (χ2v) is 3.83. The van der Waals surface area contributed by atoms with Crippen molar-refractivity contribution in [2.45, 2.75) is 13.0 Å². The van der Waals surface area contributed by atoms with Crippen LogP contribution >= 0.6 is 0 Å². The third kappa shape index (κ3) is 2.19. The van der Waals surface area contributed by atoms with Gasteiger partial charge in [0.1, 0.15) is 0 Å². The van der Waals surface area contributed by atoms with Crippen LogP contribution in [0.15, 0.2) is 30.3 Å². The molecule has 1 atom stereocenters. The second kappa shape index (κ2) is 4.18. The highest BCUT2D eigenvalue weighted by Gasteiger charge is 2.27. The van der Waals surface area contributed by atoms with Crippen molar-refractivity contribution >= 4 is 5.91 Å². The Hall–Kier alpha value is -1.75. The van der Waals surface area contributed by atoms with Gasteiger partial charge in [0, 0.05) is 25.4 Å². The Bertz CT molecular complexity index is 391. The fraction of sp³-hybridized carbons (Fsp3) is 0.308. The summed E-state index contributed by atoms with van der Waals surface area (Å²) < 4.78 is 0. The molecule has 76 valence electrons. The molecule has 1 fully saturated rings. The van der Waals surface area contributed by atoms with Gasteiger partial charge in [-0.25, -0.2) is 0 Å². The highest BCUT2D eigenvalue weighted by molar-refractivity contribution is 5.79. The number of carbonyl (C=O) groups is 1. The van der Waals surface area contributed by atoms with E-state index in [4.69, 9.17) is 6.42 Å². The van der Waals surface area contributed by atoms with Crippen molar-refractivity contribution in [1.82, 2.24) is 4.90 Å². The molecule has 0 N–H and O–H groups in total. The first kappa shape index (κ1) is 9.79. The number of benzene rings is 1. The van der Waals surface area contributed by atoms with E-state index in [1.54, 1.807) is 0 Å². The third-order valence-electron chi connectivity index (χ3n) is 2.67. The van der Waals surface area contributed by atoms with Gasteiger partial charge in [0.15, 0.2) is 0 Å². The molecule has 1 aromatic rings. The predicted molar refractivity (Wildman–Crippen MR) is 58.8 cm³/mol. The van der Waals surface area contributed by atoms with Crippen LogP contribution in [0.3, 0.4) is 0 Å². The van der Waals surface area contributed by atoms with E-state index in [9.17, 15) is 4.79 Å². The number of hydrogen-bond donors (Lipinski definition) is 0. The van der Waals surface area contributed by atoms with E-state index in [-0.39, 0.29) is 11.8 Å². The number of amides is 1. The van der Waals surface area contributed by atoms with E-state index in [0.29, 0.717) is 19.5 Å². The molecule has 15 heavy (non-hydrogen) atoms. The Labute approximate surface area is 89.9 Å². The number of terminal acetylenes is 1. The Balaban J connectivity index is 2.02. The van der Waals surface area contributed by atoms with Crippen LogP contribution in [0, 0.1) is 18.3 Å². The fourth-order valence-electron chi connectivity index (χ4n) is 1.84. The Kier molecular flexibility index (Phi) is 2.73. The maximum atomic E-state index is 11.6. The quantitative estimate of drug-likeness (QED) is 0.663. The van der Waals surface area contributed by atoms with Crippen molar-refractivity contribution in [2.24, 2.45) is 5.92 Å². The van der Waals surface area contributed by atoms with E-state index in [2.05, 4.69) is 5.92 Å². The Morgan fingerprint density at radius 1 is 1.40 bits per heavy atom. The zero-order chi connectivity index (χ0) is 10.7. The van der Waals surface area contributed by atoms with Crippen LogP contribution in [-0.4, -0.2) is 17.4 Å². The lowest BCUT2D eigenvalue weighted by molar-refractivity contribution is -0.128. The monoisotopic (exact) mass is 199 g/mol. The molecule has 0 aromatic heterocycles. The summed E-state index contributed by atoms with van der Waals surface area (Å²) in [5.74, 6) is 2.91. The Morgan fingerprint density at radius 2 is 2.13 bits per heavy atom. The van der Waals surface area contributed by atoms with E-state index in [0.717, 1.165) is 5.56 Å². The van der Waals surface area contributed by atoms with Crippen molar-refractivity contribution < 1.29 is 4.79 Å². The molecule has 0 aliphatic carbocycles. The largest absolute Gasteiger partial charge is 0.337 e. The van der Waals surface area contributed by atoms with Gasteiger partial charge in [0.25, 0.3) is 0 Å². The summed E-state index contributed by atoms with van der Waals surface area (Å²) >= 11 is 0. The highest BCUT2D eigenvalue weighted by Crippen LogP contribution is 2.19. The molecule has 2 heteroatoms. The van der Waals surface area contributed by atoms with Crippen molar-refractivity contribution in [3.8, 4) is 12.3 Å². The molecule has 2 nitrogen and oxygen atoms in total. The fourth-order valence-corrected chi connectivity index (χ4v) is 1.84. The van der Waals surface area contributed by atoms with E-state index in [1.165, 1.54) is 0 Å². The third-order valence-corrected chi connectivity index (χ3v) is 2.67. The predicted octanol–water partition coefficient (Wildman–Crippen LogP) is 1.67. The van der Waals surface area contributed by atoms with Crippen LogP contribution in [0.4, 0.5) is 0 Å². The molecule has 1 aliphatic heterocycles. The average molecular weight is 199 g/mol. The molecule has 1 aromatic carbocycles. The second-order valence-electron chi connectivity index (χ2n) is 3.83. The lowest BCUT2D eigenvalue weighted by Gasteiger charge is -2.15. The van der Waals surface area contributed by atoms with Crippen LogP contribution in [0.25, 0.3) is 0 Å². The van der Waals surface area contributed by atoms with Gasteiger partial charge in [-0.15, -0.1) is 12.3 Å². The lowest BCUT2D eigenvalue weighted by Crippen LogP contribution is -2.24. The number of likely N-dealkylation sites (tertiary alicyclic amines) is 1. The van der Waals surface area contributed by atoms with Gasteiger partial charge >= 0.3 is 0 Å². The van der Waals surface area contributed by atoms with Gasteiger partial charge in [-0.05, 0) is 5.56 Å². The summed E-state index contributed by atoms with van der Waals surface area (Å²) in [4.78, 5) is 13.4. The highest BCUT2D eigenvalue weighted by atomic mass is 16.2. The Morgan fingerprint density at radius 3 is 2.73 bits per heavy atom. The van der Waals surface area contributed by atoms with Gasteiger partial charge in [0.05, 0.1) is 0 Å². The molecule has 0 bridgehead atoms. The zero-order valence-electron chi connectivity index (χ0n) is 8.52. The van der Waals surface area contributed by atoms with Crippen LogP contribution < -0.4 is 0 Å². The summed E-state index contributed by atoms with van der Waals surface area (Å²) in [7, 11) is 0. The summed E-state index contributed by atoms with van der Waals surface area (Å²) in [6.45, 7) is 1.38. The van der Waals surface area contributed by atoms with E-state index < -0.39 is 0 Å². The maximum absolute atomic E-state index is 11.6. The zero-order valence-corrected chi connectivity index (χ0v) is 8.52. The molecule has 0 radical (unpaired) electrons. The molecule has 0 saturated carbocycles. The molecule has 2 rings (SSSR count).